The highest BCUT2D eigenvalue weighted by Gasteiger charge is 2.29. The highest BCUT2D eigenvalue weighted by molar-refractivity contribution is 5.87. The molecule has 1 aliphatic heterocycles. The molecule has 0 bridgehead atoms. The summed E-state index contributed by atoms with van der Waals surface area (Å²) in [7, 11) is 0. The van der Waals surface area contributed by atoms with Crippen LogP contribution in [0.4, 0.5) is 14.9 Å². The number of rotatable bonds is 3. The van der Waals surface area contributed by atoms with E-state index in [0.717, 1.165) is 12.1 Å². The molecule has 0 spiro atoms. The monoisotopic (exact) mass is 402 g/mol. The highest BCUT2D eigenvalue weighted by atomic mass is 19.1. The summed E-state index contributed by atoms with van der Waals surface area (Å²) in [5.41, 5.74) is 7.60. The summed E-state index contributed by atoms with van der Waals surface area (Å²) in [5, 5.41) is 6.06. The number of benzene rings is 3. The van der Waals surface area contributed by atoms with Gasteiger partial charge in [0.2, 0.25) is 0 Å². The molecule has 5 heteroatoms. The van der Waals surface area contributed by atoms with E-state index in [-0.39, 0.29) is 18.3 Å². The van der Waals surface area contributed by atoms with Gasteiger partial charge in [-0.15, -0.1) is 0 Å². The Morgan fingerprint density at radius 2 is 1.77 bits per heavy atom. The van der Waals surface area contributed by atoms with Crippen molar-refractivity contribution in [3.8, 4) is 11.1 Å². The number of ether oxygens (including phenoxy) is 1. The van der Waals surface area contributed by atoms with Crippen LogP contribution in [0.5, 0.6) is 0 Å². The number of amides is 1. The molecule has 30 heavy (non-hydrogen) atoms. The molecule has 4 nitrogen and oxygen atoms in total. The van der Waals surface area contributed by atoms with E-state index in [0.29, 0.717) is 29.8 Å². The molecule has 0 atom stereocenters. The van der Waals surface area contributed by atoms with Crippen LogP contribution in [0, 0.1) is 12.7 Å². The van der Waals surface area contributed by atoms with Crippen LogP contribution in [0.1, 0.15) is 33.7 Å². The number of carbonyl (C=O) groups excluding carboxylic acids is 1. The maximum absolute atomic E-state index is 14.3. The minimum Gasteiger partial charge on any atom is -0.448 e. The minimum absolute atomic E-state index is 0.00980. The summed E-state index contributed by atoms with van der Waals surface area (Å²) in [6.07, 6.45) is 0.166. The first-order valence-electron chi connectivity index (χ1n) is 10.3. The molecule has 0 radical (unpaired) electrons. The number of carbonyl (C=O) groups is 1. The number of hydrogen-bond donors (Lipinski definition) is 2. The quantitative estimate of drug-likeness (QED) is 0.638. The molecule has 1 heterocycles. The number of anilines is 1. The SMILES string of the molecule is Cc1cc(F)c2c(c1NC(=O)OCC1c3ccccc3-c3ccccc31)CCNC2. The Hall–Kier alpha value is -3.18. The van der Waals surface area contributed by atoms with Crippen molar-refractivity contribution >= 4 is 11.8 Å². The van der Waals surface area contributed by atoms with E-state index in [1.54, 1.807) is 0 Å². The van der Waals surface area contributed by atoms with Crippen LogP contribution in [-0.2, 0) is 17.7 Å². The number of fused-ring (bicyclic) bond motifs is 4. The number of halogens is 1. The molecule has 0 fully saturated rings. The van der Waals surface area contributed by atoms with Crippen molar-refractivity contribution in [3.05, 3.63) is 88.2 Å². The van der Waals surface area contributed by atoms with Gasteiger partial charge in [0.1, 0.15) is 12.4 Å². The van der Waals surface area contributed by atoms with Crippen molar-refractivity contribution in [3.63, 3.8) is 0 Å². The first kappa shape index (κ1) is 18.8. The van der Waals surface area contributed by atoms with Gasteiger partial charge in [0.05, 0.1) is 5.69 Å². The summed E-state index contributed by atoms with van der Waals surface area (Å²) in [6.45, 7) is 3.30. The Labute approximate surface area is 175 Å². The van der Waals surface area contributed by atoms with Crippen molar-refractivity contribution in [2.24, 2.45) is 0 Å². The lowest BCUT2D eigenvalue weighted by molar-refractivity contribution is 0.158. The Morgan fingerprint density at radius 1 is 1.10 bits per heavy atom. The fourth-order valence-corrected chi connectivity index (χ4v) is 4.69. The van der Waals surface area contributed by atoms with E-state index in [1.807, 2.05) is 31.2 Å². The van der Waals surface area contributed by atoms with Crippen molar-refractivity contribution in [2.45, 2.75) is 25.8 Å². The van der Waals surface area contributed by atoms with Crippen molar-refractivity contribution in [1.82, 2.24) is 5.32 Å². The van der Waals surface area contributed by atoms with Crippen LogP contribution in [0.2, 0.25) is 0 Å². The topological polar surface area (TPSA) is 50.4 Å². The van der Waals surface area contributed by atoms with Crippen LogP contribution in [0.25, 0.3) is 11.1 Å². The molecule has 0 saturated carbocycles. The van der Waals surface area contributed by atoms with E-state index in [1.165, 1.54) is 28.3 Å². The molecule has 3 aromatic rings. The van der Waals surface area contributed by atoms with Crippen molar-refractivity contribution < 1.29 is 13.9 Å². The van der Waals surface area contributed by atoms with Gasteiger partial charge < -0.3 is 10.1 Å². The highest BCUT2D eigenvalue weighted by Crippen LogP contribution is 2.44. The zero-order valence-electron chi connectivity index (χ0n) is 16.8. The van der Waals surface area contributed by atoms with Crippen molar-refractivity contribution in [1.29, 1.82) is 0 Å². The smallest absolute Gasteiger partial charge is 0.411 e. The molecular formula is C25H23FN2O2. The molecule has 152 valence electrons. The van der Waals surface area contributed by atoms with Gasteiger partial charge in [-0.3, -0.25) is 5.32 Å². The Morgan fingerprint density at radius 3 is 2.47 bits per heavy atom. The summed E-state index contributed by atoms with van der Waals surface area (Å²) in [4.78, 5) is 12.7. The van der Waals surface area contributed by atoms with E-state index >= 15 is 0 Å². The van der Waals surface area contributed by atoms with E-state index in [2.05, 4.69) is 34.9 Å². The first-order chi connectivity index (χ1) is 14.6. The van der Waals surface area contributed by atoms with E-state index in [4.69, 9.17) is 4.74 Å². The van der Waals surface area contributed by atoms with Crippen LogP contribution < -0.4 is 10.6 Å². The molecule has 0 saturated heterocycles. The van der Waals surface area contributed by atoms with Crippen LogP contribution >= 0.6 is 0 Å². The van der Waals surface area contributed by atoms with Crippen LogP contribution in [0.15, 0.2) is 54.6 Å². The summed E-state index contributed by atoms with van der Waals surface area (Å²) < 4.78 is 20.0. The van der Waals surface area contributed by atoms with Crippen LogP contribution in [0.3, 0.4) is 0 Å². The van der Waals surface area contributed by atoms with Gasteiger partial charge >= 0.3 is 6.09 Å². The van der Waals surface area contributed by atoms with E-state index < -0.39 is 6.09 Å². The second kappa shape index (κ2) is 7.58. The fraction of sp³-hybridized carbons (Fsp3) is 0.240. The zero-order chi connectivity index (χ0) is 20.7. The van der Waals surface area contributed by atoms with Gasteiger partial charge in [-0.25, -0.2) is 9.18 Å². The second-order valence-electron chi connectivity index (χ2n) is 7.88. The van der Waals surface area contributed by atoms with Gasteiger partial charge in [-0.2, -0.15) is 0 Å². The third-order valence-corrected chi connectivity index (χ3v) is 6.12. The largest absolute Gasteiger partial charge is 0.448 e. The Balaban J connectivity index is 1.36. The number of nitrogens with one attached hydrogen (secondary N) is 2. The molecule has 0 aromatic heterocycles. The minimum atomic E-state index is -0.507. The van der Waals surface area contributed by atoms with Gasteiger partial charge in [-0.05, 0) is 59.3 Å². The number of aryl methyl sites for hydroxylation is 1. The summed E-state index contributed by atoms with van der Waals surface area (Å²) >= 11 is 0. The zero-order valence-corrected chi connectivity index (χ0v) is 16.8. The predicted octanol–water partition coefficient (Wildman–Crippen LogP) is 5.14. The van der Waals surface area contributed by atoms with Crippen molar-refractivity contribution in [2.75, 3.05) is 18.5 Å². The van der Waals surface area contributed by atoms with Gasteiger partial charge in [0, 0.05) is 18.0 Å². The molecule has 1 aliphatic carbocycles. The van der Waals surface area contributed by atoms with Gasteiger partial charge in [-0.1, -0.05) is 48.5 Å². The third kappa shape index (κ3) is 3.15. The molecule has 1 amide bonds. The Kier molecular flexibility index (Phi) is 4.75. The van der Waals surface area contributed by atoms with Gasteiger partial charge in [0.15, 0.2) is 0 Å². The lowest BCUT2D eigenvalue weighted by atomic mass is 9.95. The normalized spacial score (nSPS) is 14.6. The molecule has 3 aromatic carbocycles. The lowest BCUT2D eigenvalue weighted by Crippen LogP contribution is -2.27. The lowest BCUT2D eigenvalue weighted by Gasteiger charge is -2.23. The first-order valence-corrected chi connectivity index (χ1v) is 10.3. The third-order valence-electron chi connectivity index (χ3n) is 6.12. The average molecular weight is 402 g/mol. The molecule has 2 aliphatic rings. The molecule has 2 N–H and O–H groups in total. The second-order valence-corrected chi connectivity index (χ2v) is 7.88. The standard InChI is InChI=1S/C25H23FN2O2/c1-15-12-23(26)21-13-27-11-10-20(21)24(15)28-25(29)30-14-22-18-8-4-2-6-16(18)17-7-3-5-9-19(17)22/h2-9,12,22,27H,10-11,13-14H2,1H3,(H,28,29). The van der Waals surface area contributed by atoms with Gasteiger partial charge in [0.25, 0.3) is 0 Å². The van der Waals surface area contributed by atoms with E-state index in [9.17, 15) is 9.18 Å². The molecule has 5 rings (SSSR count). The Bertz CT molecular complexity index is 1100. The molecular weight excluding hydrogens is 379 g/mol. The average Bonchev–Trinajstić information content (AvgIpc) is 3.09. The maximum atomic E-state index is 14.3. The maximum Gasteiger partial charge on any atom is 0.411 e. The fourth-order valence-electron chi connectivity index (χ4n) is 4.69. The predicted molar refractivity (Wildman–Crippen MR) is 115 cm³/mol. The number of hydrogen-bond acceptors (Lipinski definition) is 3. The van der Waals surface area contributed by atoms with Crippen LogP contribution in [-0.4, -0.2) is 19.2 Å². The summed E-state index contributed by atoms with van der Waals surface area (Å²) in [6, 6.07) is 18.0. The molecule has 0 unspecified atom stereocenters. The summed E-state index contributed by atoms with van der Waals surface area (Å²) in [5.74, 6) is -0.219.